The standard InChI is InChI=1S/C19H27N3O/c1-14-18(20)22-19(21-14,15-8-6-4-3-5-7-9-15)16-10-12-17(23-2)13-11-16/h10-13,15H,3-9H2,1-2H3,(H2,20,22)/t19-/m1/s1. The van der Waals surface area contributed by atoms with Gasteiger partial charge in [0.15, 0.2) is 5.66 Å². The molecule has 3 rings (SSSR count). The molecule has 0 unspecified atom stereocenters. The summed E-state index contributed by atoms with van der Waals surface area (Å²) in [6.07, 6.45) is 8.84. The number of hydrogen-bond acceptors (Lipinski definition) is 4. The minimum atomic E-state index is -0.530. The highest BCUT2D eigenvalue weighted by molar-refractivity contribution is 6.41. The zero-order chi connectivity index (χ0) is 16.3. The summed E-state index contributed by atoms with van der Waals surface area (Å²) in [7, 11) is 1.69. The molecule has 124 valence electrons. The summed E-state index contributed by atoms with van der Waals surface area (Å²) in [5.74, 6) is 1.87. The lowest BCUT2D eigenvalue weighted by atomic mass is 9.78. The Morgan fingerprint density at radius 1 is 1.00 bits per heavy atom. The Kier molecular flexibility index (Phi) is 4.69. The van der Waals surface area contributed by atoms with E-state index >= 15 is 0 Å². The number of benzene rings is 1. The van der Waals surface area contributed by atoms with Crippen molar-refractivity contribution in [1.82, 2.24) is 0 Å². The molecule has 0 saturated heterocycles. The van der Waals surface area contributed by atoms with Crippen LogP contribution >= 0.6 is 0 Å². The van der Waals surface area contributed by atoms with Gasteiger partial charge in [-0.25, -0.2) is 4.99 Å². The van der Waals surface area contributed by atoms with Gasteiger partial charge in [0.1, 0.15) is 11.6 Å². The van der Waals surface area contributed by atoms with Crippen LogP contribution in [-0.4, -0.2) is 18.7 Å². The predicted octanol–water partition coefficient (Wildman–Crippen LogP) is 4.04. The smallest absolute Gasteiger partial charge is 0.181 e. The first-order chi connectivity index (χ1) is 11.2. The van der Waals surface area contributed by atoms with E-state index in [9.17, 15) is 0 Å². The van der Waals surface area contributed by atoms with Crippen molar-refractivity contribution in [3.05, 3.63) is 29.8 Å². The maximum absolute atomic E-state index is 6.12. The molecule has 0 bridgehead atoms. The lowest BCUT2D eigenvalue weighted by Gasteiger charge is -2.34. The van der Waals surface area contributed by atoms with Gasteiger partial charge in [-0.05, 0) is 31.9 Å². The number of nitrogens with zero attached hydrogens (tertiary/aromatic N) is 2. The topological polar surface area (TPSA) is 60.0 Å². The molecular formula is C19H27N3O. The summed E-state index contributed by atoms with van der Waals surface area (Å²) in [4.78, 5) is 9.84. The van der Waals surface area contributed by atoms with Gasteiger partial charge in [-0.1, -0.05) is 44.2 Å². The van der Waals surface area contributed by atoms with Crippen LogP contribution in [0.2, 0.25) is 0 Å². The van der Waals surface area contributed by atoms with Gasteiger partial charge in [-0.15, -0.1) is 0 Å². The van der Waals surface area contributed by atoms with Crippen LogP contribution in [0.3, 0.4) is 0 Å². The molecule has 1 aliphatic heterocycles. The monoisotopic (exact) mass is 313 g/mol. The second-order valence-corrected chi connectivity index (χ2v) is 6.69. The fraction of sp³-hybridized carbons (Fsp3) is 0.579. The molecule has 0 amide bonds. The lowest BCUT2D eigenvalue weighted by molar-refractivity contribution is 0.235. The highest BCUT2D eigenvalue weighted by Gasteiger charge is 2.43. The first kappa shape index (κ1) is 16.0. The second kappa shape index (κ2) is 6.73. The van der Waals surface area contributed by atoms with Crippen molar-refractivity contribution in [3.8, 4) is 5.75 Å². The third-order valence-electron chi connectivity index (χ3n) is 5.19. The van der Waals surface area contributed by atoms with Crippen molar-refractivity contribution in [2.45, 2.75) is 57.5 Å². The van der Waals surface area contributed by atoms with Gasteiger partial charge in [0, 0.05) is 11.5 Å². The van der Waals surface area contributed by atoms with Crippen LogP contribution < -0.4 is 10.5 Å². The summed E-state index contributed by atoms with van der Waals surface area (Å²) in [5.41, 5.74) is 7.58. The molecule has 1 aliphatic carbocycles. The van der Waals surface area contributed by atoms with Gasteiger partial charge in [0.25, 0.3) is 0 Å². The Balaban J connectivity index is 2.00. The molecule has 1 aromatic rings. The zero-order valence-corrected chi connectivity index (χ0v) is 14.2. The molecule has 2 aliphatic rings. The van der Waals surface area contributed by atoms with Gasteiger partial charge in [-0.2, -0.15) is 0 Å². The van der Waals surface area contributed by atoms with Gasteiger partial charge >= 0.3 is 0 Å². The van der Waals surface area contributed by atoms with Crippen molar-refractivity contribution in [2.24, 2.45) is 21.6 Å². The van der Waals surface area contributed by atoms with E-state index in [0.717, 1.165) is 17.0 Å². The Morgan fingerprint density at radius 3 is 2.13 bits per heavy atom. The molecule has 1 atom stereocenters. The Labute approximate surface area is 138 Å². The SMILES string of the molecule is COc1ccc([C@]2(C3CCCCCCC3)N=C(C)C(N)=N2)cc1. The minimum absolute atomic E-state index is 0.423. The predicted molar refractivity (Wildman–Crippen MR) is 95.2 cm³/mol. The zero-order valence-electron chi connectivity index (χ0n) is 14.2. The molecule has 1 fully saturated rings. The number of amidine groups is 1. The van der Waals surface area contributed by atoms with Crippen LogP contribution in [0.1, 0.15) is 57.4 Å². The van der Waals surface area contributed by atoms with Crippen LogP contribution in [0.5, 0.6) is 5.75 Å². The number of hydrogen-bond donors (Lipinski definition) is 1. The van der Waals surface area contributed by atoms with Crippen molar-refractivity contribution >= 4 is 11.5 Å². The fourth-order valence-electron chi connectivity index (χ4n) is 3.84. The van der Waals surface area contributed by atoms with Crippen molar-refractivity contribution < 1.29 is 4.74 Å². The summed E-state index contributed by atoms with van der Waals surface area (Å²) in [6, 6.07) is 8.18. The van der Waals surface area contributed by atoms with E-state index < -0.39 is 5.66 Å². The molecule has 0 radical (unpaired) electrons. The van der Waals surface area contributed by atoms with Crippen molar-refractivity contribution in [3.63, 3.8) is 0 Å². The molecule has 1 aromatic carbocycles. The third kappa shape index (κ3) is 3.12. The third-order valence-corrected chi connectivity index (χ3v) is 5.19. The molecule has 4 heteroatoms. The first-order valence-electron chi connectivity index (χ1n) is 8.72. The minimum Gasteiger partial charge on any atom is -0.497 e. The average Bonchev–Trinajstić information content (AvgIpc) is 2.83. The van der Waals surface area contributed by atoms with Crippen LogP contribution in [0.15, 0.2) is 34.3 Å². The largest absolute Gasteiger partial charge is 0.497 e. The molecule has 1 heterocycles. The van der Waals surface area contributed by atoms with Gasteiger partial charge < -0.3 is 10.5 Å². The molecule has 0 spiro atoms. The van der Waals surface area contributed by atoms with Crippen LogP contribution in [-0.2, 0) is 5.66 Å². The van der Waals surface area contributed by atoms with E-state index in [1.807, 2.05) is 19.1 Å². The number of rotatable bonds is 3. The molecule has 23 heavy (non-hydrogen) atoms. The maximum Gasteiger partial charge on any atom is 0.181 e. The maximum atomic E-state index is 6.12. The highest BCUT2D eigenvalue weighted by Crippen LogP contribution is 2.44. The Morgan fingerprint density at radius 2 is 1.61 bits per heavy atom. The van der Waals surface area contributed by atoms with Gasteiger partial charge in [0.2, 0.25) is 0 Å². The summed E-state index contributed by atoms with van der Waals surface area (Å²) in [6.45, 7) is 1.97. The summed E-state index contributed by atoms with van der Waals surface area (Å²) in [5, 5.41) is 0. The number of methoxy groups -OCH3 is 1. The van der Waals surface area contributed by atoms with Crippen LogP contribution in [0.4, 0.5) is 0 Å². The first-order valence-corrected chi connectivity index (χ1v) is 8.72. The molecule has 0 aromatic heterocycles. The van der Waals surface area contributed by atoms with Gasteiger partial charge in [-0.3, -0.25) is 4.99 Å². The van der Waals surface area contributed by atoms with Crippen LogP contribution in [0.25, 0.3) is 0 Å². The number of nitrogens with two attached hydrogens (primary N) is 1. The summed E-state index contributed by atoms with van der Waals surface area (Å²) < 4.78 is 5.29. The van der Waals surface area contributed by atoms with E-state index in [1.165, 1.54) is 44.9 Å². The molecular weight excluding hydrogens is 286 g/mol. The molecule has 1 saturated carbocycles. The quantitative estimate of drug-likeness (QED) is 0.915. The van der Waals surface area contributed by atoms with Crippen molar-refractivity contribution in [2.75, 3.05) is 7.11 Å². The van der Waals surface area contributed by atoms with Crippen molar-refractivity contribution in [1.29, 1.82) is 0 Å². The normalized spacial score (nSPS) is 26.2. The lowest BCUT2D eigenvalue weighted by Crippen LogP contribution is -2.31. The Hall–Kier alpha value is -1.84. The Bertz CT molecular complexity index is 578. The highest BCUT2D eigenvalue weighted by atomic mass is 16.5. The second-order valence-electron chi connectivity index (χ2n) is 6.69. The van der Waals surface area contributed by atoms with E-state index in [-0.39, 0.29) is 0 Å². The summed E-state index contributed by atoms with van der Waals surface area (Å²) >= 11 is 0. The average molecular weight is 313 g/mol. The number of ether oxygens (including phenoxy) is 1. The van der Waals surface area contributed by atoms with E-state index in [4.69, 9.17) is 20.5 Å². The fourth-order valence-corrected chi connectivity index (χ4v) is 3.84. The number of aliphatic imine (C=N–C) groups is 2. The van der Waals surface area contributed by atoms with Gasteiger partial charge in [0.05, 0.1) is 12.8 Å². The molecule has 4 nitrogen and oxygen atoms in total. The van der Waals surface area contributed by atoms with E-state index in [1.54, 1.807) is 7.11 Å². The van der Waals surface area contributed by atoms with E-state index in [0.29, 0.717) is 11.8 Å². The molecule has 2 N–H and O–H groups in total. The van der Waals surface area contributed by atoms with E-state index in [2.05, 4.69) is 12.1 Å². The van der Waals surface area contributed by atoms with Crippen LogP contribution in [0, 0.1) is 5.92 Å².